The van der Waals surface area contributed by atoms with E-state index in [-0.39, 0.29) is 6.67 Å². The van der Waals surface area contributed by atoms with E-state index in [0.29, 0.717) is 18.4 Å². The van der Waals surface area contributed by atoms with E-state index in [1.807, 2.05) is 4.57 Å². The van der Waals surface area contributed by atoms with Gasteiger partial charge in [0.2, 0.25) is 0 Å². The highest BCUT2D eigenvalue weighted by Crippen LogP contribution is 2.24. The van der Waals surface area contributed by atoms with Crippen LogP contribution in [-0.4, -0.2) is 16.2 Å². The first-order valence-electron chi connectivity index (χ1n) is 5.18. The number of halogens is 1. The van der Waals surface area contributed by atoms with Crippen LogP contribution in [-0.2, 0) is 6.54 Å². The number of alkyl halides is 1. The summed E-state index contributed by atoms with van der Waals surface area (Å²) in [7, 11) is 0. The van der Waals surface area contributed by atoms with Crippen LogP contribution in [0.15, 0.2) is 6.33 Å². The molecule has 0 bridgehead atoms. The van der Waals surface area contributed by atoms with Gasteiger partial charge in [0.1, 0.15) is 6.67 Å². The lowest BCUT2D eigenvalue weighted by Gasteiger charge is -2.13. The Morgan fingerprint density at radius 1 is 1.29 bits per heavy atom. The third kappa shape index (κ3) is 2.14. The Labute approximate surface area is 85.2 Å². The van der Waals surface area contributed by atoms with Crippen molar-refractivity contribution in [3.8, 4) is 0 Å². The van der Waals surface area contributed by atoms with E-state index in [1.165, 1.54) is 5.69 Å². The lowest BCUT2D eigenvalue weighted by Crippen LogP contribution is -2.07. The summed E-state index contributed by atoms with van der Waals surface area (Å²) < 4.78 is 14.2. The molecule has 0 amide bonds. The molecule has 1 aromatic rings. The molecule has 80 valence electrons. The molecule has 0 unspecified atom stereocenters. The van der Waals surface area contributed by atoms with Crippen molar-refractivity contribution in [1.29, 1.82) is 0 Å². The number of rotatable bonds is 4. The number of hydrogen-bond donors (Lipinski definition) is 0. The van der Waals surface area contributed by atoms with Gasteiger partial charge in [-0.15, -0.1) is 0 Å². The van der Waals surface area contributed by atoms with Crippen LogP contribution in [0.2, 0.25) is 0 Å². The molecule has 2 nitrogen and oxygen atoms in total. The van der Waals surface area contributed by atoms with Crippen molar-refractivity contribution in [2.45, 2.75) is 46.1 Å². The van der Waals surface area contributed by atoms with Gasteiger partial charge in [0.15, 0.2) is 0 Å². The second kappa shape index (κ2) is 4.58. The van der Waals surface area contributed by atoms with E-state index in [2.05, 4.69) is 32.7 Å². The van der Waals surface area contributed by atoms with Crippen LogP contribution in [0.1, 0.15) is 50.9 Å². The Hall–Kier alpha value is -0.860. The fourth-order valence-corrected chi connectivity index (χ4v) is 1.75. The van der Waals surface area contributed by atoms with Crippen LogP contribution in [0.5, 0.6) is 0 Å². The summed E-state index contributed by atoms with van der Waals surface area (Å²) in [6.45, 7) is 8.58. The van der Waals surface area contributed by atoms with Gasteiger partial charge in [-0.25, -0.2) is 9.37 Å². The summed E-state index contributed by atoms with van der Waals surface area (Å²) in [5.41, 5.74) is 2.28. The van der Waals surface area contributed by atoms with Gasteiger partial charge in [0.25, 0.3) is 0 Å². The van der Waals surface area contributed by atoms with E-state index in [9.17, 15) is 4.39 Å². The molecule has 0 fully saturated rings. The Balaban J connectivity index is 3.07. The molecule has 0 radical (unpaired) electrons. The SMILES string of the molecule is CC(C)c1ncn(CCF)c1C(C)C. The molecule has 0 saturated heterocycles. The Morgan fingerprint density at radius 3 is 2.36 bits per heavy atom. The quantitative estimate of drug-likeness (QED) is 0.727. The average Bonchev–Trinajstić information content (AvgIpc) is 2.48. The third-order valence-corrected chi connectivity index (χ3v) is 2.33. The first kappa shape index (κ1) is 11.2. The van der Waals surface area contributed by atoms with Crippen molar-refractivity contribution in [2.75, 3.05) is 6.67 Å². The molecule has 0 aliphatic heterocycles. The van der Waals surface area contributed by atoms with Crippen LogP contribution in [0, 0.1) is 0 Å². The van der Waals surface area contributed by atoms with Gasteiger partial charge < -0.3 is 4.57 Å². The number of nitrogens with zero attached hydrogens (tertiary/aromatic N) is 2. The Bertz CT molecular complexity index is 289. The molecule has 0 aliphatic rings. The highest BCUT2D eigenvalue weighted by atomic mass is 19.1. The summed E-state index contributed by atoms with van der Waals surface area (Å²) in [6, 6.07) is 0. The minimum atomic E-state index is -0.326. The molecule has 0 saturated carbocycles. The van der Waals surface area contributed by atoms with Crippen molar-refractivity contribution in [3.05, 3.63) is 17.7 Å². The van der Waals surface area contributed by atoms with E-state index >= 15 is 0 Å². The van der Waals surface area contributed by atoms with Crippen LogP contribution in [0.3, 0.4) is 0 Å². The van der Waals surface area contributed by atoms with E-state index in [0.717, 1.165) is 5.69 Å². The maximum atomic E-state index is 12.3. The Morgan fingerprint density at radius 2 is 1.93 bits per heavy atom. The molecule has 1 rings (SSSR count). The maximum Gasteiger partial charge on any atom is 0.107 e. The predicted molar refractivity (Wildman–Crippen MR) is 56.4 cm³/mol. The van der Waals surface area contributed by atoms with Gasteiger partial charge in [-0.05, 0) is 11.8 Å². The molecular weight excluding hydrogens is 179 g/mol. The first-order valence-corrected chi connectivity index (χ1v) is 5.18. The van der Waals surface area contributed by atoms with E-state index in [1.54, 1.807) is 6.33 Å². The van der Waals surface area contributed by atoms with E-state index in [4.69, 9.17) is 0 Å². The lowest BCUT2D eigenvalue weighted by atomic mass is 10.0. The van der Waals surface area contributed by atoms with Crippen molar-refractivity contribution >= 4 is 0 Å². The van der Waals surface area contributed by atoms with Gasteiger partial charge in [0.05, 0.1) is 18.6 Å². The zero-order valence-electron chi connectivity index (χ0n) is 9.42. The highest BCUT2D eigenvalue weighted by molar-refractivity contribution is 5.20. The van der Waals surface area contributed by atoms with E-state index < -0.39 is 0 Å². The topological polar surface area (TPSA) is 17.8 Å². The summed E-state index contributed by atoms with van der Waals surface area (Å²) in [6.07, 6.45) is 1.75. The van der Waals surface area contributed by atoms with Gasteiger partial charge in [-0.3, -0.25) is 0 Å². The van der Waals surface area contributed by atoms with Gasteiger partial charge in [-0.1, -0.05) is 27.7 Å². The molecule has 0 spiro atoms. The van der Waals surface area contributed by atoms with Crippen LogP contribution < -0.4 is 0 Å². The van der Waals surface area contributed by atoms with Crippen molar-refractivity contribution in [3.63, 3.8) is 0 Å². The molecule has 14 heavy (non-hydrogen) atoms. The minimum Gasteiger partial charge on any atom is -0.331 e. The molecule has 0 atom stereocenters. The van der Waals surface area contributed by atoms with Crippen molar-refractivity contribution in [2.24, 2.45) is 0 Å². The molecule has 1 heterocycles. The number of aryl methyl sites for hydroxylation is 1. The van der Waals surface area contributed by atoms with Crippen molar-refractivity contribution < 1.29 is 4.39 Å². The summed E-state index contributed by atoms with van der Waals surface area (Å²) >= 11 is 0. The zero-order valence-corrected chi connectivity index (χ0v) is 9.42. The predicted octanol–water partition coefficient (Wildman–Crippen LogP) is 3.10. The number of aromatic nitrogens is 2. The van der Waals surface area contributed by atoms with Crippen LogP contribution in [0.25, 0.3) is 0 Å². The molecule has 0 aliphatic carbocycles. The second-order valence-electron chi connectivity index (χ2n) is 4.21. The standard InChI is InChI=1S/C11H19FN2/c1-8(2)10-11(9(3)4)14(6-5-12)7-13-10/h7-9H,5-6H2,1-4H3. The molecular formula is C11H19FN2. The smallest absolute Gasteiger partial charge is 0.107 e. The monoisotopic (exact) mass is 198 g/mol. The normalized spacial score (nSPS) is 11.6. The summed E-state index contributed by atoms with van der Waals surface area (Å²) in [5, 5.41) is 0. The highest BCUT2D eigenvalue weighted by Gasteiger charge is 2.16. The zero-order chi connectivity index (χ0) is 10.7. The largest absolute Gasteiger partial charge is 0.331 e. The molecule has 0 N–H and O–H groups in total. The third-order valence-electron chi connectivity index (χ3n) is 2.33. The fraction of sp³-hybridized carbons (Fsp3) is 0.727. The lowest BCUT2D eigenvalue weighted by molar-refractivity contribution is 0.437. The Kier molecular flexibility index (Phi) is 3.67. The van der Waals surface area contributed by atoms with Gasteiger partial charge in [0, 0.05) is 5.69 Å². The molecule has 0 aromatic carbocycles. The fourth-order valence-electron chi connectivity index (χ4n) is 1.75. The maximum absolute atomic E-state index is 12.3. The van der Waals surface area contributed by atoms with Gasteiger partial charge >= 0.3 is 0 Å². The molecule has 1 aromatic heterocycles. The molecule has 3 heteroatoms. The summed E-state index contributed by atoms with van der Waals surface area (Å²) in [5.74, 6) is 0.815. The average molecular weight is 198 g/mol. The number of hydrogen-bond acceptors (Lipinski definition) is 1. The minimum absolute atomic E-state index is 0.326. The number of imidazole rings is 1. The van der Waals surface area contributed by atoms with Crippen LogP contribution >= 0.6 is 0 Å². The van der Waals surface area contributed by atoms with Gasteiger partial charge in [-0.2, -0.15) is 0 Å². The van der Waals surface area contributed by atoms with Crippen molar-refractivity contribution in [1.82, 2.24) is 9.55 Å². The first-order chi connectivity index (χ1) is 6.57. The van der Waals surface area contributed by atoms with Crippen LogP contribution in [0.4, 0.5) is 4.39 Å². The summed E-state index contributed by atoms with van der Waals surface area (Å²) in [4.78, 5) is 4.35. The second-order valence-corrected chi connectivity index (χ2v) is 4.21.